The summed E-state index contributed by atoms with van der Waals surface area (Å²) < 4.78 is 15.1. The van der Waals surface area contributed by atoms with Gasteiger partial charge < -0.3 is 10.6 Å². The van der Waals surface area contributed by atoms with Gasteiger partial charge in [-0.3, -0.25) is 9.59 Å². The minimum atomic E-state index is -0.713. The summed E-state index contributed by atoms with van der Waals surface area (Å²) in [6.45, 7) is 0.695. The predicted octanol–water partition coefficient (Wildman–Crippen LogP) is 1.49. The Morgan fingerprint density at radius 3 is 2.86 bits per heavy atom. The van der Waals surface area contributed by atoms with Crippen molar-refractivity contribution in [3.63, 3.8) is 0 Å². The summed E-state index contributed by atoms with van der Waals surface area (Å²) in [6.07, 6.45) is 2.24. The molecular formula is C20H16FN5O2. The molecule has 1 aromatic carbocycles. The first-order valence-corrected chi connectivity index (χ1v) is 8.65. The number of primary amides is 1. The van der Waals surface area contributed by atoms with Crippen LogP contribution in [0, 0.1) is 23.6 Å². The van der Waals surface area contributed by atoms with Crippen molar-refractivity contribution in [2.45, 2.75) is 6.42 Å². The van der Waals surface area contributed by atoms with Crippen LogP contribution in [0.1, 0.15) is 22.5 Å². The van der Waals surface area contributed by atoms with E-state index in [1.807, 2.05) is 0 Å². The topological polar surface area (TPSA) is 94.1 Å². The normalized spacial score (nSPS) is 16.3. The van der Waals surface area contributed by atoms with Crippen LogP contribution in [0.25, 0.3) is 16.7 Å². The summed E-state index contributed by atoms with van der Waals surface area (Å²) in [5.74, 6) is 4.87. The van der Waals surface area contributed by atoms with Crippen LogP contribution < -0.4 is 5.73 Å². The highest BCUT2D eigenvalue weighted by Gasteiger charge is 2.27. The van der Waals surface area contributed by atoms with Crippen molar-refractivity contribution in [1.82, 2.24) is 19.7 Å². The second-order valence-corrected chi connectivity index (χ2v) is 6.56. The Kier molecular flexibility index (Phi) is 4.28. The highest BCUT2D eigenvalue weighted by Crippen LogP contribution is 2.23. The molecule has 0 aliphatic carbocycles. The van der Waals surface area contributed by atoms with Gasteiger partial charge in [0.25, 0.3) is 5.91 Å². The molecule has 2 amide bonds. The number of halogens is 1. The molecular weight excluding hydrogens is 361 g/mol. The third-order valence-corrected chi connectivity index (χ3v) is 4.66. The molecule has 1 saturated heterocycles. The maximum absolute atomic E-state index is 13.7. The number of nitrogens with zero attached hydrogens (tertiary/aromatic N) is 4. The molecule has 0 spiro atoms. The van der Waals surface area contributed by atoms with Crippen LogP contribution in [0.4, 0.5) is 4.39 Å². The molecule has 0 bridgehead atoms. The first kappa shape index (κ1) is 17.7. The molecule has 2 aromatic heterocycles. The maximum atomic E-state index is 13.7. The number of rotatable bonds is 2. The average molecular weight is 377 g/mol. The van der Waals surface area contributed by atoms with Crippen molar-refractivity contribution in [3.05, 3.63) is 53.6 Å². The van der Waals surface area contributed by atoms with E-state index >= 15 is 0 Å². The number of nitrogens with two attached hydrogens (primary N) is 1. The second-order valence-electron chi connectivity index (χ2n) is 6.56. The van der Waals surface area contributed by atoms with Gasteiger partial charge in [-0.1, -0.05) is 11.8 Å². The van der Waals surface area contributed by atoms with Crippen LogP contribution in [0.15, 0.2) is 36.5 Å². The van der Waals surface area contributed by atoms with Crippen LogP contribution in [-0.2, 0) is 4.79 Å². The monoisotopic (exact) mass is 377 g/mol. The number of pyridine rings is 1. The van der Waals surface area contributed by atoms with Crippen molar-refractivity contribution in [2.75, 3.05) is 13.6 Å². The summed E-state index contributed by atoms with van der Waals surface area (Å²) in [6, 6.07) is 7.34. The molecule has 2 N–H and O–H groups in total. The second kappa shape index (κ2) is 6.78. The van der Waals surface area contributed by atoms with Crippen LogP contribution in [0.3, 0.4) is 0 Å². The van der Waals surface area contributed by atoms with Crippen LogP contribution in [0.2, 0.25) is 0 Å². The summed E-state index contributed by atoms with van der Waals surface area (Å²) >= 11 is 0. The number of carbonyl (C=O) groups excluding carboxylic acids is 2. The van der Waals surface area contributed by atoms with E-state index in [1.54, 1.807) is 30.3 Å². The SMILES string of the molecule is CN1CCC(C#Cc2ccnc(-n3nc(C(N)=O)c4ccc(F)cc43)c2)C1=O. The van der Waals surface area contributed by atoms with Gasteiger partial charge >= 0.3 is 0 Å². The average Bonchev–Trinajstić information content (AvgIpc) is 3.21. The van der Waals surface area contributed by atoms with E-state index in [0.29, 0.717) is 35.2 Å². The molecule has 1 unspecified atom stereocenters. The third-order valence-electron chi connectivity index (χ3n) is 4.66. The summed E-state index contributed by atoms with van der Waals surface area (Å²) in [4.78, 5) is 29.6. The van der Waals surface area contributed by atoms with E-state index in [-0.39, 0.29) is 17.5 Å². The zero-order chi connectivity index (χ0) is 19.8. The van der Waals surface area contributed by atoms with E-state index in [0.717, 1.165) is 0 Å². The lowest BCUT2D eigenvalue weighted by Gasteiger charge is -2.05. The predicted molar refractivity (Wildman–Crippen MR) is 100.0 cm³/mol. The highest BCUT2D eigenvalue weighted by molar-refractivity contribution is 6.04. The van der Waals surface area contributed by atoms with Crippen LogP contribution in [0.5, 0.6) is 0 Å². The Hall–Kier alpha value is -3.73. The summed E-state index contributed by atoms with van der Waals surface area (Å²) in [5, 5.41) is 4.64. The molecule has 7 nitrogen and oxygen atoms in total. The minimum absolute atomic E-state index is 0.0152. The fraction of sp³-hybridized carbons (Fsp3) is 0.200. The Morgan fingerprint density at radius 1 is 1.32 bits per heavy atom. The molecule has 3 heterocycles. The number of likely N-dealkylation sites (tertiary alicyclic amines) is 1. The summed E-state index contributed by atoms with van der Waals surface area (Å²) in [5.41, 5.74) is 6.44. The van der Waals surface area contributed by atoms with Crippen LogP contribution in [-0.4, -0.2) is 45.1 Å². The van der Waals surface area contributed by atoms with E-state index in [9.17, 15) is 14.0 Å². The Morgan fingerprint density at radius 2 is 2.14 bits per heavy atom. The maximum Gasteiger partial charge on any atom is 0.269 e. The number of hydrogen-bond acceptors (Lipinski definition) is 4. The van der Waals surface area contributed by atoms with Crippen molar-refractivity contribution < 1.29 is 14.0 Å². The first-order chi connectivity index (χ1) is 13.4. The van der Waals surface area contributed by atoms with Gasteiger partial charge in [-0.15, -0.1) is 0 Å². The standard InChI is InChI=1S/C20H16FN5O2/c1-25-9-7-13(20(25)28)3-2-12-6-8-23-17(10-12)26-16-11-14(21)4-5-15(16)18(24-26)19(22)27/h4-6,8,10-11,13H,7,9H2,1H3,(H2,22,27). The van der Waals surface area contributed by atoms with Gasteiger partial charge in [-0.2, -0.15) is 5.10 Å². The smallest absolute Gasteiger partial charge is 0.269 e. The zero-order valence-corrected chi connectivity index (χ0v) is 15.0. The summed E-state index contributed by atoms with van der Waals surface area (Å²) in [7, 11) is 1.76. The van der Waals surface area contributed by atoms with Gasteiger partial charge in [-0.25, -0.2) is 14.1 Å². The number of hydrogen-bond donors (Lipinski definition) is 1. The molecule has 1 aliphatic rings. The zero-order valence-electron chi connectivity index (χ0n) is 15.0. The number of aromatic nitrogens is 3. The van der Waals surface area contributed by atoms with Crippen molar-refractivity contribution in [3.8, 4) is 17.7 Å². The van der Waals surface area contributed by atoms with E-state index in [2.05, 4.69) is 21.9 Å². The number of fused-ring (bicyclic) bond motifs is 1. The van der Waals surface area contributed by atoms with Crippen molar-refractivity contribution in [2.24, 2.45) is 11.7 Å². The van der Waals surface area contributed by atoms with Gasteiger partial charge in [0.2, 0.25) is 5.91 Å². The first-order valence-electron chi connectivity index (χ1n) is 8.65. The largest absolute Gasteiger partial charge is 0.364 e. The van der Waals surface area contributed by atoms with Crippen LogP contribution >= 0.6 is 0 Å². The molecule has 8 heteroatoms. The minimum Gasteiger partial charge on any atom is -0.364 e. The van der Waals surface area contributed by atoms with Gasteiger partial charge in [0.05, 0.1) is 5.52 Å². The number of amides is 2. The highest BCUT2D eigenvalue weighted by atomic mass is 19.1. The van der Waals surface area contributed by atoms with Gasteiger partial charge in [0.15, 0.2) is 11.5 Å². The Bertz CT molecular complexity index is 1170. The lowest BCUT2D eigenvalue weighted by atomic mass is 10.1. The van der Waals surface area contributed by atoms with Crippen molar-refractivity contribution >= 4 is 22.7 Å². The third kappa shape index (κ3) is 3.07. The molecule has 4 rings (SSSR count). The molecule has 0 radical (unpaired) electrons. The quantitative estimate of drug-likeness (QED) is 0.685. The number of carbonyl (C=O) groups is 2. The molecule has 1 atom stereocenters. The molecule has 1 fully saturated rings. The lowest BCUT2D eigenvalue weighted by molar-refractivity contribution is -0.128. The molecule has 28 heavy (non-hydrogen) atoms. The Balaban J connectivity index is 1.76. The van der Waals surface area contributed by atoms with Crippen molar-refractivity contribution in [1.29, 1.82) is 0 Å². The van der Waals surface area contributed by atoms with Gasteiger partial charge in [0.1, 0.15) is 11.7 Å². The lowest BCUT2D eigenvalue weighted by Crippen LogP contribution is -2.21. The fourth-order valence-electron chi connectivity index (χ4n) is 3.18. The van der Waals surface area contributed by atoms with E-state index < -0.39 is 11.7 Å². The molecule has 3 aromatic rings. The molecule has 140 valence electrons. The van der Waals surface area contributed by atoms with Gasteiger partial charge in [-0.05, 0) is 30.7 Å². The molecule has 0 saturated carbocycles. The number of benzene rings is 1. The Labute approximate surface area is 159 Å². The fourth-order valence-corrected chi connectivity index (χ4v) is 3.18. The van der Waals surface area contributed by atoms with E-state index in [4.69, 9.17) is 5.73 Å². The molecule has 1 aliphatic heterocycles. The van der Waals surface area contributed by atoms with E-state index in [1.165, 1.54) is 22.9 Å². The van der Waals surface area contributed by atoms with Gasteiger partial charge in [0, 0.05) is 36.8 Å².